The molecule has 1 amide bonds. The highest BCUT2D eigenvalue weighted by Gasteiger charge is 2.34. The fourth-order valence-electron chi connectivity index (χ4n) is 3.16. The molecule has 0 saturated carbocycles. The van der Waals surface area contributed by atoms with Gasteiger partial charge in [0.2, 0.25) is 5.91 Å². The van der Waals surface area contributed by atoms with Gasteiger partial charge in [-0.25, -0.2) is 0 Å². The minimum Gasteiger partial charge on any atom is -0.481 e. The van der Waals surface area contributed by atoms with Gasteiger partial charge in [-0.15, -0.1) is 0 Å². The third-order valence-corrected chi connectivity index (χ3v) is 4.45. The van der Waals surface area contributed by atoms with Crippen molar-refractivity contribution in [2.75, 3.05) is 13.1 Å². The van der Waals surface area contributed by atoms with E-state index in [0.717, 1.165) is 11.1 Å². The molecule has 0 spiro atoms. The Hall–Kier alpha value is -2.70. The number of nitrogens with zero attached hydrogens (tertiary/aromatic N) is 4. The average Bonchev–Trinajstić information content (AvgIpc) is 3.02. The molecular weight excluding hydrogens is 308 g/mol. The number of aromatic nitrogens is 3. The van der Waals surface area contributed by atoms with E-state index < -0.39 is 11.9 Å². The molecule has 7 heteroatoms. The number of rotatable bonds is 4. The molecule has 0 aromatic carbocycles. The van der Waals surface area contributed by atoms with E-state index in [9.17, 15) is 14.7 Å². The Morgan fingerprint density at radius 2 is 2.04 bits per heavy atom. The second-order valence-electron chi connectivity index (χ2n) is 6.25. The lowest BCUT2D eigenvalue weighted by atomic mass is 9.85. The number of piperidine rings is 1. The summed E-state index contributed by atoms with van der Waals surface area (Å²) in [5.74, 6) is -1.47. The van der Waals surface area contributed by atoms with E-state index in [1.807, 2.05) is 13.2 Å². The first-order chi connectivity index (χ1) is 11.5. The Morgan fingerprint density at radius 3 is 2.67 bits per heavy atom. The largest absolute Gasteiger partial charge is 0.481 e. The summed E-state index contributed by atoms with van der Waals surface area (Å²) in [4.78, 5) is 29.7. The monoisotopic (exact) mass is 328 g/mol. The molecule has 2 atom stereocenters. The number of amides is 1. The standard InChI is InChI=1S/C17H20N4O3/c1-20-9-15(8-19-20)13-7-14(17(23)24)11-21(10-13)16(22)6-12-2-4-18-5-3-12/h2-5,8-9,13-14H,6-7,10-11H2,1H3,(H,23,24). The second-order valence-corrected chi connectivity index (χ2v) is 6.25. The molecule has 1 aliphatic rings. The molecule has 1 aliphatic heterocycles. The Morgan fingerprint density at radius 1 is 1.29 bits per heavy atom. The lowest BCUT2D eigenvalue weighted by Crippen LogP contribution is -2.46. The maximum absolute atomic E-state index is 12.6. The molecule has 0 radical (unpaired) electrons. The van der Waals surface area contributed by atoms with Crippen molar-refractivity contribution in [1.29, 1.82) is 0 Å². The van der Waals surface area contributed by atoms with Crippen LogP contribution in [0.1, 0.15) is 23.5 Å². The number of aryl methyl sites for hydroxylation is 1. The zero-order valence-corrected chi connectivity index (χ0v) is 13.5. The highest BCUT2D eigenvalue weighted by Crippen LogP contribution is 2.30. The van der Waals surface area contributed by atoms with E-state index >= 15 is 0 Å². The summed E-state index contributed by atoms with van der Waals surface area (Å²) in [6, 6.07) is 3.60. The number of aliphatic carboxylic acids is 1. The fourth-order valence-corrected chi connectivity index (χ4v) is 3.16. The van der Waals surface area contributed by atoms with Crippen LogP contribution in [-0.4, -0.2) is 49.7 Å². The molecule has 1 N–H and O–H groups in total. The molecular formula is C17H20N4O3. The molecule has 2 aromatic rings. The van der Waals surface area contributed by atoms with Crippen LogP contribution in [0, 0.1) is 5.92 Å². The fraction of sp³-hybridized carbons (Fsp3) is 0.412. The van der Waals surface area contributed by atoms with Crippen LogP contribution in [0.15, 0.2) is 36.9 Å². The van der Waals surface area contributed by atoms with Crippen LogP contribution >= 0.6 is 0 Å². The van der Waals surface area contributed by atoms with Gasteiger partial charge in [0.25, 0.3) is 0 Å². The van der Waals surface area contributed by atoms with Crippen LogP contribution in [0.5, 0.6) is 0 Å². The first-order valence-corrected chi connectivity index (χ1v) is 7.91. The Balaban J connectivity index is 1.76. The molecule has 2 unspecified atom stereocenters. The number of carboxylic acid groups (broad SMARTS) is 1. The van der Waals surface area contributed by atoms with Gasteiger partial charge >= 0.3 is 5.97 Å². The molecule has 3 rings (SSSR count). The molecule has 0 aliphatic carbocycles. The van der Waals surface area contributed by atoms with E-state index in [1.54, 1.807) is 40.3 Å². The second kappa shape index (κ2) is 6.82. The van der Waals surface area contributed by atoms with Crippen molar-refractivity contribution in [3.05, 3.63) is 48.0 Å². The summed E-state index contributed by atoms with van der Waals surface area (Å²) in [5.41, 5.74) is 1.86. The number of carbonyl (C=O) groups is 2. The van der Waals surface area contributed by atoms with Crippen LogP contribution in [0.2, 0.25) is 0 Å². The van der Waals surface area contributed by atoms with Crippen molar-refractivity contribution in [3.8, 4) is 0 Å². The summed E-state index contributed by atoms with van der Waals surface area (Å²) >= 11 is 0. The summed E-state index contributed by atoms with van der Waals surface area (Å²) < 4.78 is 1.70. The maximum Gasteiger partial charge on any atom is 0.308 e. The van der Waals surface area contributed by atoms with Gasteiger partial charge in [-0.2, -0.15) is 5.10 Å². The van der Waals surface area contributed by atoms with E-state index in [0.29, 0.717) is 13.0 Å². The van der Waals surface area contributed by atoms with Gasteiger partial charge in [0.15, 0.2) is 0 Å². The topological polar surface area (TPSA) is 88.3 Å². The first-order valence-electron chi connectivity index (χ1n) is 7.91. The molecule has 7 nitrogen and oxygen atoms in total. The van der Waals surface area contributed by atoms with E-state index in [1.165, 1.54) is 0 Å². The van der Waals surface area contributed by atoms with E-state index in [4.69, 9.17) is 0 Å². The van der Waals surface area contributed by atoms with Crippen LogP contribution in [0.3, 0.4) is 0 Å². The minimum absolute atomic E-state index is 0.00469. The van der Waals surface area contributed by atoms with Crippen molar-refractivity contribution < 1.29 is 14.7 Å². The predicted molar refractivity (Wildman–Crippen MR) is 86.2 cm³/mol. The molecule has 3 heterocycles. The highest BCUT2D eigenvalue weighted by molar-refractivity contribution is 5.80. The summed E-state index contributed by atoms with van der Waals surface area (Å²) in [6.45, 7) is 0.787. The normalized spacial score (nSPS) is 20.8. The Kier molecular flexibility index (Phi) is 4.59. The maximum atomic E-state index is 12.6. The lowest BCUT2D eigenvalue weighted by Gasteiger charge is -2.36. The van der Waals surface area contributed by atoms with Crippen molar-refractivity contribution in [1.82, 2.24) is 19.7 Å². The van der Waals surface area contributed by atoms with Gasteiger partial charge in [0, 0.05) is 44.6 Å². The minimum atomic E-state index is -0.856. The predicted octanol–water partition coefficient (Wildman–Crippen LogP) is 1.07. The Bertz CT molecular complexity index is 728. The lowest BCUT2D eigenvalue weighted by molar-refractivity contribution is -0.146. The van der Waals surface area contributed by atoms with Gasteiger partial charge in [-0.05, 0) is 29.7 Å². The first kappa shape index (κ1) is 16.2. The quantitative estimate of drug-likeness (QED) is 0.907. The third kappa shape index (κ3) is 3.61. The number of carboxylic acids is 1. The number of hydrogen-bond acceptors (Lipinski definition) is 4. The van der Waals surface area contributed by atoms with Gasteiger partial charge in [-0.3, -0.25) is 19.3 Å². The zero-order chi connectivity index (χ0) is 17.1. The van der Waals surface area contributed by atoms with E-state index in [-0.39, 0.29) is 24.8 Å². The molecule has 126 valence electrons. The summed E-state index contributed by atoms with van der Waals surface area (Å²) in [6.07, 6.45) is 7.73. The van der Waals surface area contributed by atoms with Gasteiger partial charge in [0.1, 0.15) is 0 Å². The van der Waals surface area contributed by atoms with Crippen LogP contribution in [0.25, 0.3) is 0 Å². The molecule has 1 saturated heterocycles. The van der Waals surface area contributed by atoms with Crippen LogP contribution in [0.4, 0.5) is 0 Å². The number of pyridine rings is 1. The van der Waals surface area contributed by atoms with Crippen molar-refractivity contribution in [3.63, 3.8) is 0 Å². The van der Waals surface area contributed by atoms with Crippen molar-refractivity contribution in [2.24, 2.45) is 13.0 Å². The zero-order valence-electron chi connectivity index (χ0n) is 13.5. The van der Waals surface area contributed by atoms with Gasteiger partial charge in [0.05, 0.1) is 18.5 Å². The van der Waals surface area contributed by atoms with Crippen molar-refractivity contribution >= 4 is 11.9 Å². The van der Waals surface area contributed by atoms with Gasteiger partial charge in [-0.1, -0.05) is 0 Å². The van der Waals surface area contributed by atoms with Crippen LogP contribution < -0.4 is 0 Å². The molecule has 0 bridgehead atoms. The molecule has 24 heavy (non-hydrogen) atoms. The van der Waals surface area contributed by atoms with E-state index in [2.05, 4.69) is 10.1 Å². The number of carbonyl (C=O) groups excluding carboxylic acids is 1. The SMILES string of the molecule is Cn1cc(C2CC(C(=O)O)CN(C(=O)Cc3ccncc3)C2)cn1. The van der Waals surface area contributed by atoms with Crippen LogP contribution in [-0.2, 0) is 23.1 Å². The summed E-state index contributed by atoms with van der Waals surface area (Å²) in [5, 5.41) is 13.6. The molecule has 1 fully saturated rings. The third-order valence-electron chi connectivity index (χ3n) is 4.45. The smallest absolute Gasteiger partial charge is 0.308 e. The molecule has 2 aromatic heterocycles. The number of hydrogen-bond donors (Lipinski definition) is 1. The highest BCUT2D eigenvalue weighted by atomic mass is 16.4. The van der Waals surface area contributed by atoms with Crippen molar-refractivity contribution in [2.45, 2.75) is 18.8 Å². The summed E-state index contributed by atoms with van der Waals surface area (Å²) in [7, 11) is 1.83. The average molecular weight is 328 g/mol. The number of likely N-dealkylation sites (tertiary alicyclic amines) is 1. The Labute approximate surface area is 139 Å². The van der Waals surface area contributed by atoms with Gasteiger partial charge < -0.3 is 10.0 Å².